The van der Waals surface area contributed by atoms with E-state index in [1.165, 1.54) is 23.6 Å². The average Bonchev–Trinajstić information content (AvgIpc) is 3.20. The number of hydrogen-bond donors (Lipinski definition) is 1. The number of fused-ring (bicyclic) bond motifs is 2. The van der Waals surface area contributed by atoms with E-state index in [0.29, 0.717) is 0 Å². The number of esters is 1. The summed E-state index contributed by atoms with van der Waals surface area (Å²) in [5, 5.41) is 9.93. The first kappa shape index (κ1) is 18.0. The van der Waals surface area contributed by atoms with E-state index in [-0.39, 0.29) is 28.8 Å². The number of thioether (sulfide) groups is 1. The zero-order valence-corrected chi connectivity index (χ0v) is 16.0. The second kappa shape index (κ2) is 6.36. The van der Waals surface area contributed by atoms with Gasteiger partial charge in [-0.05, 0) is 11.9 Å². The lowest BCUT2D eigenvalue weighted by atomic mass is 9.79. The Bertz CT molecular complexity index is 845. The van der Waals surface area contributed by atoms with Crippen molar-refractivity contribution in [3.05, 3.63) is 23.3 Å². The van der Waals surface area contributed by atoms with Crippen LogP contribution >= 0.6 is 11.8 Å². The van der Waals surface area contributed by atoms with Gasteiger partial charge in [-0.25, -0.2) is 4.79 Å². The van der Waals surface area contributed by atoms with E-state index in [1.807, 2.05) is 16.3 Å². The van der Waals surface area contributed by atoms with Gasteiger partial charge in [0.05, 0.1) is 23.8 Å². The van der Waals surface area contributed by atoms with Gasteiger partial charge in [0.25, 0.3) is 0 Å². The van der Waals surface area contributed by atoms with Crippen LogP contribution in [0.25, 0.3) is 0 Å². The van der Waals surface area contributed by atoms with Crippen molar-refractivity contribution >= 4 is 29.6 Å². The number of carboxylic acid groups (broad SMARTS) is 1. The molecule has 1 saturated heterocycles. The third-order valence-corrected chi connectivity index (χ3v) is 6.90. The highest BCUT2D eigenvalue weighted by Gasteiger charge is 2.61. The third-order valence-electron chi connectivity index (χ3n) is 5.45. The largest absolute Gasteiger partial charge is 0.477 e. The van der Waals surface area contributed by atoms with Crippen molar-refractivity contribution in [3.63, 3.8) is 0 Å². The summed E-state index contributed by atoms with van der Waals surface area (Å²) in [7, 11) is 0. The number of carbonyl (C=O) groups is 3. The number of amides is 1. The Balaban J connectivity index is 1.56. The summed E-state index contributed by atoms with van der Waals surface area (Å²) in [4.78, 5) is 42.0. The van der Waals surface area contributed by atoms with Gasteiger partial charge in [-0.15, -0.1) is 11.8 Å². The summed E-state index contributed by atoms with van der Waals surface area (Å²) >= 11 is 1.53. The Morgan fingerprint density at radius 2 is 2.22 bits per heavy atom. The highest BCUT2D eigenvalue weighted by atomic mass is 32.2. The lowest BCUT2D eigenvalue weighted by molar-refractivity contribution is -0.758. The van der Waals surface area contributed by atoms with Gasteiger partial charge in [0.1, 0.15) is 18.3 Å². The molecule has 4 rings (SSSR count). The van der Waals surface area contributed by atoms with Crippen LogP contribution in [0.1, 0.15) is 20.8 Å². The molecule has 1 aromatic rings. The SMILES string of the molecule is CC(=O)O[C@H](C)[C@H]1C(=O)N2C(C(=O)O)=C(SC3Cn4cnc[n+]4C3)[C@H](C)[C@H]12. The molecule has 0 aliphatic carbocycles. The van der Waals surface area contributed by atoms with Gasteiger partial charge < -0.3 is 14.7 Å². The Morgan fingerprint density at radius 1 is 1.48 bits per heavy atom. The number of ether oxygens (including phenoxy) is 1. The maximum absolute atomic E-state index is 12.7. The standard InChI is InChI=1S/C17H20N4O5S/c1-8-13-12(9(2)26-10(3)22)16(23)21(13)14(17(24)25)15(8)27-11-4-19-6-18-7-20(19)5-11/h6-9,11-13H,4-5H2,1-3H3/p+1/t8-,9-,12-,13-/m1/s1. The minimum atomic E-state index is -1.09. The van der Waals surface area contributed by atoms with Crippen molar-refractivity contribution in [3.8, 4) is 0 Å². The van der Waals surface area contributed by atoms with E-state index in [2.05, 4.69) is 4.98 Å². The van der Waals surface area contributed by atoms with Gasteiger partial charge in [0, 0.05) is 17.7 Å². The van der Waals surface area contributed by atoms with E-state index in [1.54, 1.807) is 19.6 Å². The van der Waals surface area contributed by atoms with Gasteiger partial charge in [0.2, 0.25) is 12.2 Å². The fourth-order valence-corrected chi connectivity index (χ4v) is 5.82. The second-order valence-corrected chi connectivity index (χ2v) is 8.55. The number of nitrogens with zero attached hydrogens (tertiary/aromatic N) is 4. The molecular weight excluding hydrogens is 372 g/mol. The lowest BCUT2D eigenvalue weighted by Gasteiger charge is -2.47. The average molecular weight is 393 g/mol. The molecule has 0 bridgehead atoms. The van der Waals surface area contributed by atoms with Crippen molar-refractivity contribution < 1.29 is 28.9 Å². The lowest BCUT2D eigenvalue weighted by Crippen LogP contribution is -2.64. The molecule has 10 heteroatoms. The molecule has 0 saturated carbocycles. The minimum Gasteiger partial charge on any atom is -0.477 e. The highest BCUT2D eigenvalue weighted by molar-refractivity contribution is 8.03. The molecule has 1 N–H and O–H groups in total. The van der Waals surface area contributed by atoms with Crippen LogP contribution in [0.4, 0.5) is 0 Å². The smallest absolute Gasteiger partial charge is 0.353 e. The first-order chi connectivity index (χ1) is 12.8. The van der Waals surface area contributed by atoms with Crippen molar-refractivity contribution in [2.24, 2.45) is 11.8 Å². The van der Waals surface area contributed by atoms with E-state index < -0.39 is 24.0 Å². The van der Waals surface area contributed by atoms with Crippen LogP contribution in [0, 0.1) is 11.8 Å². The molecule has 27 heavy (non-hydrogen) atoms. The summed E-state index contributed by atoms with van der Waals surface area (Å²) in [5.41, 5.74) is 0.0773. The molecule has 144 valence electrons. The van der Waals surface area contributed by atoms with E-state index >= 15 is 0 Å². The Morgan fingerprint density at radius 3 is 2.85 bits per heavy atom. The molecule has 0 radical (unpaired) electrons. The number of aromatic nitrogens is 3. The zero-order chi connectivity index (χ0) is 19.5. The van der Waals surface area contributed by atoms with Crippen LogP contribution in [-0.2, 0) is 32.2 Å². The molecule has 0 spiro atoms. The molecule has 4 atom stereocenters. The molecule has 4 heterocycles. The molecule has 1 fully saturated rings. The third kappa shape index (κ3) is 2.73. The topological polar surface area (TPSA) is 106 Å². The normalized spacial score (nSPS) is 30.0. The quantitative estimate of drug-likeness (QED) is 0.427. The molecule has 3 aliphatic heterocycles. The van der Waals surface area contributed by atoms with Crippen LogP contribution in [0.3, 0.4) is 0 Å². The Kier molecular flexibility index (Phi) is 4.25. The van der Waals surface area contributed by atoms with Gasteiger partial charge in [0.15, 0.2) is 0 Å². The van der Waals surface area contributed by atoms with Crippen LogP contribution < -0.4 is 4.68 Å². The molecule has 0 aromatic carbocycles. The predicted octanol–water partition coefficient (Wildman–Crippen LogP) is 0.0105. The van der Waals surface area contributed by atoms with Crippen LogP contribution in [0.15, 0.2) is 23.3 Å². The maximum Gasteiger partial charge on any atom is 0.353 e. The first-order valence-corrected chi connectivity index (χ1v) is 9.71. The van der Waals surface area contributed by atoms with Crippen molar-refractivity contribution in [2.75, 3.05) is 0 Å². The predicted molar refractivity (Wildman–Crippen MR) is 93.0 cm³/mol. The number of rotatable bonds is 5. The monoisotopic (exact) mass is 393 g/mol. The summed E-state index contributed by atoms with van der Waals surface area (Å²) < 4.78 is 9.18. The molecular formula is C17H21N4O5S+. The summed E-state index contributed by atoms with van der Waals surface area (Å²) in [6.07, 6.45) is 2.92. The molecule has 0 unspecified atom stereocenters. The number of carboxylic acids is 1. The van der Waals surface area contributed by atoms with Gasteiger partial charge in [-0.3, -0.25) is 9.59 Å². The molecule has 1 amide bonds. The molecule has 3 aliphatic rings. The van der Waals surface area contributed by atoms with Crippen LogP contribution in [0.5, 0.6) is 0 Å². The summed E-state index contributed by atoms with van der Waals surface area (Å²) in [6, 6.07) is -0.282. The number of β-lactam (4-membered cyclic amide) rings is 1. The van der Waals surface area contributed by atoms with Crippen molar-refractivity contribution in [1.29, 1.82) is 0 Å². The number of aliphatic carboxylic acids is 1. The molecule has 9 nitrogen and oxygen atoms in total. The van der Waals surface area contributed by atoms with E-state index in [9.17, 15) is 19.5 Å². The fourth-order valence-electron chi connectivity index (χ4n) is 4.35. The van der Waals surface area contributed by atoms with Crippen molar-refractivity contribution in [2.45, 2.75) is 51.3 Å². The fraction of sp³-hybridized carbons (Fsp3) is 0.588. The Hall–Kier alpha value is -2.36. The van der Waals surface area contributed by atoms with Gasteiger partial charge in [-0.2, -0.15) is 9.36 Å². The van der Waals surface area contributed by atoms with Crippen molar-refractivity contribution in [1.82, 2.24) is 14.6 Å². The Labute approximate surface area is 160 Å². The number of hydrogen-bond acceptors (Lipinski definition) is 6. The summed E-state index contributed by atoms with van der Waals surface area (Å²) in [5.74, 6) is -2.45. The highest BCUT2D eigenvalue weighted by Crippen LogP contribution is 2.51. The van der Waals surface area contributed by atoms with Gasteiger partial charge >= 0.3 is 18.3 Å². The summed E-state index contributed by atoms with van der Waals surface area (Å²) in [6.45, 7) is 6.41. The maximum atomic E-state index is 12.7. The minimum absolute atomic E-state index is 0.0773. The zero-order valence-electron chi connectivity index (χ0n) is 15.2. The first-order valence-electron chi connectivity index (χ1n) is 8.83. The number of carbonyl (C=O) groups excluding carboxylic acids is 2. The van der Waals surface area contributed by atoms with Crippen LogP contribution in [0.2, 0.25) is 0 Å². The van der Waals surface area contributed by atoms with E-state index in [0.717, 1.165) is 18.0 Å². The van der Waals surface area contributed by atoms with Gasteiger partial charge in [-0.1, -0.05) is 6.92 Å². The molecule has 1 aromatic heterocycles. The van der Waals surface area contributed by atoms with E-state index in [4.69, 9.17) is 4.74 Å². The van der Waals surface area contributed by atoms with Crippen LogP contribution in [-0.4, -0.2) is 54.9 Å². The second-order valence-electron chi connectivity index (χ2n) is 7.21.